The number of hydrogen-bond acceptors (Lipinski definition) is 3. The molecule has 1 aliphatic rings. The first-order valence-electron chi connectivity index (χ1n) is 10.4. The maximum atomic E-state index is 12.7. The van der Waals surface area contributed by atoms with Crippen LogP contribution in [0, 0.1) is 13.8 Å². The molecule has 1 fully saturated rings. The molecule has 0 radical (unpaired) electrons. The van der Waals surface area contributed by atoms with Crippen molar-refractivity contribution >= 4 is 28.2 Å². The summed E-state index contributed by atoms with van der Waals surface area (Å²) in [5.41, 5.74) is 3.89. The lowest BCUT2D eigenvalue weighted by atomic mass is 10.0. The lowest BCUT2D eigenvalue weighted by Gasteiger charge is -2.27. The fraction of sp³-hybridized carbons (Fsp3) is 0.545. The molecule has 2 heterocycles. The Morgan fingerprint density at radius 3 is 2.83 bits per heavy atom. The van der Waals surface area contributed by atoms with E-state index in [-0.39, 0.29) is 11.7 Å². The van der Waals surface area contributed by atoms with Crippen molar-refractivity contribution in [2.45, 2.75) is 39.3 Å². The molecule has 0 saturated carbocycles. The van der Waals surface area contributed by atoms with Crippen LogP contribution < -0.4 is 15.8 Å². The number of rotatable bonds is 7. The normalized spacial score (nSPS) is 16.5. The zero-order valence-electron chi connectivity index (χ0n) is 17.9. The minimum Gasteiger partial charge on any atom is -0.376 e. The predicted octanol–water partition coefficient (Wildman–Crippen LogP) is 1.14. The average molecular weight is 418 g/mol. The van der Waals surface area contributed by atoms with E-state index in [0.29, 0.717) is 11.7 Å². The monoisotopic (exact) mass is 417 g/mol. The topological polar surface area (TPSA) is 61.8 Å². The number of quaternary nitrogens is 1. The average Bonchev–Trinajstić information content (AvgIpc) is 3.17. The van der Waals surface area contributed by atoms with Gasteiger partial charge in [0, 0.05) is 29.6 Å². The molecular weight excluding hydrogens is 384 g/mol. The maximum Gasteiger partial charge on any atom is 0.253 e. The van der Waals surface area contributed by atoms with E-state index in [1.54, 1.807) is 0 Å². The molecule has 0 unspecified atom stereocenters. The van der Waals surface area contributed by atoms with Crippen molar-refractivity contribution in [1.82, 2.24) is 15.2 Å². The van der Waals surface area contributed by atoms with Crippen molar-refractivity contribution in [2.75, 3.05) is 40.3 Å². The fourth-order valence-electron chi connectivity index (χ4n) is 3.77. The number of aromatic nitrogens is 1. The summed E-state index contributed by atoms with van der Waals surface area (Å²) in [6.45, 7) is 7.88. The first kappa shape index (κ1) is 21.7. The molecule has 2 aromatic rings. The van der Waals surface area contributed by atoms with Crippen molar-refractivity contribution in [1.29, 1.82) is 0 Å². The van der Waals surface area contributed by atoms with E-state index in [9.17, 15) is 4.79 Å². The molecule has 3 rings (SSSR count). The van der Waals surface area contributed by atoms with E-state index in [1.807, 2.05) is 19.1 Å². The number of ether oxygens (including phenoxy) is 1. The van der Waals surface area contributed by atoms with Crippen molar-refractivity contribution in [2.24, 2.45) is 0 Å². The van der Waals surface area contributed by atoms with Crippen LogP contribution in [0.1, 0.15) is 29.5 Å². The van der Waals surface area contributed by atoms with Crippen LogP contribution in [0.4, 0.5) is 0 Å². The third kappa shape index (κ3) is 5.78. The number of likely N-dealkylation sites (N-methyl/N-ethyl adjacent to an activating group) is 1. The minimum absolute atomic E-state index is 0.0494. The highest BCUT2D eigenvalue weighted by Crippen LogP contribution is 2.19. The maximum absolute atomic E-state index is 12.7. The predicted molar refractivity (Wildman–Crippen MR) is 122 cm³/mol. The quantitative estimate of drug-likeness (QED) is 0.590. The van der Waals surface area contributed by atoms with Crippen LogP contribution in [0.15, 0.2) is 23.0 Å². The Kier molecular flexibility index (Phi) is 7.27. The van der Waals surface area contributed by atoms with Gasteiger partial charge in [-0.25, -0.2) is 0 Å². The molecule has 7 heteroatoms. The molecule has 158 valence electrons. The van der Waals surface area contributed by atoms with Crippen LogP contribution in [0.3, 0.4) is 0 Å². The molecule has 1 aromatic heterocycles. The summed E-state index contributed by atoms with van der Waals surface area (Å²) in [5, 5.41) is 5.12. The van der Waals surface area contributed by atoms with Gasteiger partial charge < -0.3 is 24.8 Å². The van der Waals surface area contributed by atoms with E-state index in [4.69, 9.17) is 17.0 Å². The largest absolute Gasteiger partial charge is 0.376 e. The number of hydrogen-bond donors (Lipinski definition) is 3. The second-order valence-corrected chi connectivity index (χ2v) is 8.75. The van der Waals surface area contributed by atoms with Crippen molar-refractivity contribution in [3.8, 4) is 0 Å². The van der Waals surface area contributed by atoms with Crippen LogP contribution in [0.2, 0.25) is 0 Å². The van der Waals surface area contributed by atoms with Gasteiger partial charge in [0.1, 0.15) is 0 Å². The highest BCUT2D eigenvalue weighted by atomic mass is 32.1. The highest BCUT2D eigenvalue weighted by Gasteiger charge is 2.19. The Morgan fingerprint density at radius 1 is 1.34 bits per heavy atom. The van der Waals surface area contributed by atoms with Crippen LogP contribution in [-0.2, 0) is 11.3 Å². The number of nitrogens with zero attached hydrogens (tertiary/aromatic N) is 1. The zero-order valence-corrected chi connectivity index (χ0v) is 18.7. The van der Waals surface area contributed by atoms with Gasteiger partial charge in [0.15, 0.2) is 5.11 Å². The number of fused-ring (bicyclic) bond motifs is 1. The van der Waals surface area contributed by atoms with Gasteiger partial charge >= 0.3 is 0 Å². The van der Waals surface area contributed by atoms with Gasteiger partial charge in [-0.05, 0) is 62.2 Å². The van der Waals surface area contributed by atoms with Gasteiger partial charge in [0.25, 0.3) is 5.56 Å². The molecule has 1 atom stereocenters. The second-order valence-electron chi connectivity index (χ2n) is 8.37. The van der Waals surface area contributed by atoms with Crippen molar-refractivity contribution in [3.63, 3.8) is 0 Å². The second kappa shape index (κ2) is 9.69. The highest BCUT2D eigenvalue weighted by molar-refractivity contribution is 7.80. The summed E-state index contributed by atoms with van der Waals surface area (Å²) < 4.78 is 5.69. The molecule has 0 spiro atoms. The molecular formula is C22H33N4O2S+. The Balaban J connectivity index is 1.79. The van der Waals surface area contributed by atoms with Crippen LogP contribution in [0.25, 0.3) is 10.9 Å². The smallest absolute Gasteiger partial charge is 0.253 e. The van der Waals surface area contributed by atoms with E-state index < -0.39 is 0 Å². The molecule has 0 aliphatic carbocycles. The van der Waals surface area contributed by atoms with Gasteiger partial charge in [-0.3, -0.25) is 4.79 Å². The molecule has 1 aliphatic heterocycles. The van der Waals surface area contributed by atoms with Gasteiger partial charge in [-0.2, -0.15) is 0 Å². The number of aryl methyl sites for hydroxylation is 2. The Bertz CT molecular complexity index is 919. The van der Waals surface area contributed by atoms with Crippen LogP contribution >= 0.6 is 12.2 Å². The van der Waals surface area contributed by atoms with E-state index >= 15 is 0 Å². The molecule has 0 bridgehead atoms. The molecule has 29 heavy (non-hydrogen) atoms. The molecule has 3 N–H and O–H groups in total. The summed E-state index contributed by atoms with van der Waals surface area (Å²) in [7, 11) is 4.24. The third-order valence-electron chi connectivity index (χ3n) is 5.42. The van der Waals surface area contributed by atoms with Gasteiger partial charge in [-0.1, -0.05) is 6.07 Å². The lowest BCUT2D eigenvalue weighted by molar-refractivity contribution is -0.857. The van der Waals surface area contributed by atoms with Gasteiger partial charge in [-0.15, -0.1) is 0 Å². The first-order valence-corrected chi connectivity index (χ1v) is 10.8. The fourth-order valence-corrected chi connectivity index (χ4v) is 4.01. The molecule has 1 saturated heterocycles. The molecule has 6 nitrogen and oxygen atoms in total. The van der Waals surface area contributed by atoms with E-state index in [1.165, 1.54) is 10.5 Å². The summed E-state index contributed by atoms with van der Waals surface area (Å²) in [6.07, 6.45) is 2.41. The number of benzene rings is 1. The Morgan fingerprint density at radius 2 is 2.14 bits per heavy atom. The lowest BCUT2D eigenvalue weighted by Crippen LogP contribution is -3.06. The summed E-state index contributed by atoms with van der Waals surface area (Å²) >= 11 is 5.68. The van der Waals surface area contributed by atoms with E-state index in [2.05, 4.69) is 42.3 Å². The molecule has 1 aromatic carbocycles. The van der Waals surface area contributed by atoms with Gasteiger partial charge in [0.05, 0.1) is 39.8 Å². The number of nitrogens with one attached hydrogen (secondary N) is 3. The number of pyridine rings is 1. The van der Waals surface area contributed by atoms with Crippen molar-refractivity contribution in [3.05, 3.63) is 45.2 Å². The third-order valence-corrected chi connectivity index (χ3v) is 5.83. The Hall–Kier alpha value is -1.96. The number of aromatic amines is 1. The van der Waals surface area contributed by atoms with Crippen LogP contribution in [-0.4, -0.2) is 61.4 Å². The van der Waals surface area contributed by atoms with Gasteiger partial charge in [0.2, 0.25) is 0 Å². The standard InChI is InChI=1S/C22H32N4O2S/c1-15-10-16(2)19-12-17(21(27)24-20(19)11-15)14-26(8-7-25(3)4)22(29)23-13-18-6-5-9-28-18/h10-12,18H,5-9,13-14H2,1-4H3,(H,23,29)(H,24,27)/p+1/t18-/m0/s1. The SMILES string of the molecule is Cc1cc(C)c2cc(CN(CC[NH+](C)C)C(=S)NC[C@@H]3CCCO3)c(=O)[nH]c2c1. The molecule has 0 amide bonds. The summed E-state index contributed by atoms with van der Waals surface area (Å²) in [6, 6.07) is 6.18. The summed E-state index contributed by atoms with van der Waals surface area (Å²) in [5.74, 6) is 0. The Labute approximate surface area is 178 Å². The van der Waals surface area contributed by atoms with Crippen molar-refractivity contribution < 1.29 is 9.64 Å². The van der Waals surface area contributed by atoms with Crippen LogP contribution in [0.5, 0.6) is 0 Å². The first-order chi connectivity index (χ1) is 13.8. The summed E-state index contributed by atoms with van der Waals surface area (Å²) in [4.78, 5) is 19.2. The minimum atomic E-state index is -0.0494. The number of thiocarbonyl (C=S) groups is 1. The number of H-pyrrole nitrogens is 1. The van der Waals surface area contributed by atoms with E-state index in [0.717, 1.165) is 61.1 Å². The zero-order chi connectivity index (χ0) is 21.0.